The first-order valence-electron chi connectivity index (χ1n) is 6.15. The minimum absolute atomic E-state index is 0.118. The van der Waals surface area contributed by atoms with E-state index >= 15 is 0 Å². The third-order valence-electron chi connectivity index (χ3n) is 2.08. The first-order chi connectivity index (χ1) is 8.01. The minimum Gasteiger partial charge on any atom is -0.423 e. The molecule has 5 heteroatoms. The van der Waals surface area contributed by atoms with Crippen LogP contribution in [0.4, 0.5) is 0 Å². The Morgan fingerprint density at radius 1 is 1.24 bits per heavy atom. The molecule has 1 aromatic rings. The van der Waals surface area contributed by atoms with Gasteiger partial charge in [0.25, 0.3) is 0 Å². The summed E-state index contributed by atoms with van der Waals surface area (Å²) in [6, 6.07) is 0. The van der Waals surface area contributed by atoms with Crippen LogP contribution in [0.2, 0.25) is 0 Å². The highest BCUT2D eigenvalue weighted by molar-refractivity contribution is 4.82. The molecule has 0 aromatic carbocycles. The largest absolute Gasteiger partial charge is 0.423 e. The molecule has 0 spiro atoms. The second-order valence-electron chi connectivity index (χ2n) is 5.07. The fourth-order valence-corrected chi connectivity index (χ4v) is 1.30. The fourth-order valence-electron chi connectivity index (χ4n) is 1.30. The van der Waals surface area contributed by atoms with Crippen molar-refractivity contribution >= 4 is 0 Å². The molecule has 0 bridgehead atoms. The molecule has 0 unspecified atom stereocenters. The van der Waals surface area contributed by atoms with Crippen LogP contribution >= 0.6 is 0 Å². The average molecular weight is 241 g/mol. The lowest BCUT2D eigenvalue weighted by molar-refractivity contribution is 0.102. The Labute approximate surface area is 103 Å². The van der Waals surface area contributed by atoms with E-state index in [0.717, 1.165) is 26.0 Å². The van der Waals surface area contributed by atoms with E-state index in [0.29, 0.717) is 18.4 Å². The normalized spacial score (nSPS) is 12.0. The predicted octanol–water partition coefficient (Wildman–Crippen LogP) is 1.93. The SMILES string of the molecule is CCCOCc1nnc(CCNC(C)(C)C)o1. The zero-order valence-electron chi connectivity index (χ0n) is 11.2. The van der Waals surface area contributed by atoms with Gasteiger partial charge in [-0.3, -0.25) is 0 Å². The summed E-state index contributed by atoms with van der Waals surface area (Å²) in [5, 5.41) is 11.3. The molecule has 0 aliphatic rings. The summed E-state index contributed by atoms with van der Waals surface area (Å²) in [6.07, 6.45) is 1.74. The molecule has 0 saturated heterocycles. The summed E-state index contributed by atoms with van der Waals surface area (Å²) in [6.45, 7) is 10.4. The van der Waals surface area contributed by atoms with Crippen molar-refractivity contribution < 1.29 is 9.15 Å². The monoisotopic (exact) mass is 241 g/mol. The quantitative estimate of drug-likeness (QED) is 0.739. The maximum atomic E-state index is 5.46. The van der Waals surface area contributed by atoms with E-state index in [1.165, 1.54) is 0 Å². The van der Waals surface area contributed by atoms with E-state index in [-0.39, 0.29) is 5.54 Å². The lowest BCUT2D eigenvalue weighted by Crippen LogP contribution is -2.37. The van der Waals surface area contributed by atoms with E-state index in [2.05, 4.69) is 43.2 Å². The number of nitrogens with zero attached hydrogens (tertiary/aromatic N) is 2. The Hall–Kier alpha value is -0.940. The van der Waals surface area contributed by atoms with Crippen molar-refractivity contribution in [2.45, 2.75) is 52.7 Å². The fraction of sp³-hybridized carbons (Fsp3) is 0.833. The first kappa shape index (κ1) is 14.1. The van der Waals surface area contributed by atoms with E-state index in [9.17, 15) is 0 Å². The Morgan fingerprint density at radius 3 is 2.59 bits per heavy atom. The third-order valence-corrected chi connectivity index (χ3v) is 2.08. The van der Waals surface area contributed by atoms with Crippen LogP contribution in [-0.4, -0.2) is 28.9 Å². The standard InChI is InChI=1S/C12H23N3O2/c1-5-8-16-9-11-15-14-10(17-11)6-7-13-12(2,3)4/h13H,5-9H2,1-4H3. The molecule has 1 aromatic heterocycles. The first-order valence-corrected chi connectivity index (χ1v) is 6.15. The van der Waals surface area contributed by atoms with Crippen LogP contribution < -0.4 is 5.32 Å². The number of nitrogens with one attached hydrogen (secondary N) is 1. The molecule has 0 fully saturated rings. The van der Waals surface area contributed by atoms with Crippen LogP contribution in [0.1, 0.15) is 45.9 Å². The molecular formula is C12H23N3O2. The number of hydrogen-bond acceptors (Lipinski definition) is 5. The zero-order valence-corrected chi connectivity index (χ0v) is 11.2. The van der Waals surface area contributed by atoms with Gasteiger partial charge in [-0.05, 0) is 27.2 Å². The van der Waals surface area contributed by atoms with E-state index in [1.807, 2.05) is 0 Å². The number of rotatable bonds is 7. The van der Waals surface area contributed by atoms with E-state index < -0.39 is 0 Å². The van der Waals surface area contributed by atoms with Crippen molar-refractivity contribution in [1.29, 1.82) is 0 Å². The number of hydrogen-bond donors (Lipinski definition) is 1. The summed E-state index contributed by atoms with van der Waals surface area (Å²) < 4.78 is 10.8. The molecule has 5 nitrogen and oxygen atoms in total. The van der Waals surface area contributed by atoms with Crippen molar-refractivity contribution in [3.63, 3.8) is 0 Å². The van der Waals surface area contributed by atoms with Crippen molar-refractivity contribution in [3.8, 4) is 0 Å². The van der Waals surface area contributed by atoms with Gasteiger partial charge in [-0.2, -0.15) is 0 Å². The van der Waals surface area contributed by atoms with Crippen LogP contribution in [0.15, 0.2) is 4.42 Å². The minimum atomic E-state index is 0.118. The van der Waals surface area contributed by atoms with Gasteiger partial charge in [0.2, 0.25) is 11.8 Å². The predicted molar refractivity (Wildman–Crippen MR) is 65.7 cm³/mol. The molecule has 98 valence electrons. The van der Waals surface area contributed by atoms with Crippen molar-refractivity contribution in [2.24, 2.45) is 0 Å². The summed E-state index contributed by atoms with van der Waals surface area (Å²) >= 11 is 0. The molecule has 0 atom stereocenters. The molecule has 1 heterocycles. The third kappa shape index (κ3) is 6.38. The lowest BCUT2D eigenvalue weighted by atomic mass is 10.1. The van der Waals surface area contributed by atoms with E-state index in [4.69, 9.17) is 9.15 Å². The second kappa shape index (κ2) is 6.71. The Morgan fingerprint density at radius 2 is 1.94 bits per heavy atom. The van der Waals surface area contributed by atoms with Crippen LogP contribution in [0, 0.1) is 0 Å². The molecule has 0 saturated carbocycles. The van der Waals surface area contributed by atoms with Crippen molar-refractivity contribution in [2.75, 3.05) is 13.2 Å². The molecule has 17 heavy (non-hydrogen) atoms. The van der Waals surface area contributed by atoms with Gasteiger partial charge < -0.3 is 14.5 Å². The Bertz CT molecular complexity index is 318. The molecule has 1 N–H and O–H groups in total. The number of aromatic nitrogens is 2. The van der Waals surface area contributed by atoms with Crippen molar-refractivity contribution in [3.05, 3.63) is 11.8 Å². The highest BCUT2D eigenvalue weighted by atomic mass is 16.5. The molecule has 0 amide bonds. The topological polar surface area (TPSA) is 60.2 Å². The highest BCUT2D eigenvalue weighted by Crippen LogP contribution is 2.03. The van der Waals surface area contributed by atoms with Crippen molar-refractivity contribution in [1.82, 2.24) is 15.5 Å². The maximum absolute atomic E-state index is 5.46. The van der Waals surface area contributed by atoms with Crippen LogP contribution in [0.3, 0.4) is 0 Å². The Balaban J connectivity index is 2.26. The van der Waals surface area contributed by atoms with Gasteiger partial charge >= 0.3 is 0 Å². The van der Waals surface area contributed by atoms with Gasteiger partial charge in [-0.25, -0.2) is 0 Å². The van der Waals surface area contributed by atoms with Gasteiger partial charge in [0.05, 0.1) is 0 Å². The molecule has 1 rings (SSSR count). The van der Waals surface area contributed by atoms with Gasteiger partial charge in [-0.1, -0.05) is 6.92 Å². The van der Waals surface area contributed by atoms with Gasteiger partial charge in [0, 0.05) is 25.1 Å². The maximum Gasteiger partial charge on any atom is 0.242 e. The van der Waals surface area contributed by atoms with Gasteiger partial charge in [0.1, 0.15) is 6.61 Å². The molecule has 0 aliphatic carbocycles. The zero-order chi connectivity index (χ0) is 12.7. The van der Waals surface area contributed by atoms with E-state index in [1.54, 1.807) is 0 Å². The molecule has 0 aliphatic heterocycles. The van der Waals surface area contributed by atoms with Gasteiger partial charge in [-0.15, -0.1) is 10.2 Å². The number of ether oxygens (including phenoxy) is 1. The van der Waals surface area contributed by atoms with Gasteiger partial charge in [0.15, 0.2) is 0 Å². The summed E-state index contributed by atoms with van der Waals surface area (Å²) in [5.74, 6) is 1.22. The molecular weight excluding hydrogens is 218 g/mol. The summed E-state index contributed by atoms with van der Waals surface area (Å²) in [4.78, 5) is 0. The molecule has 0 radical (unpaired) electrons. The lowest BCUT2D eigenvalue weighted by Gasteiger charge is -2.19. The Kier molecular flexibility index (Phi) is 5.58. The average Bonchev–Trinajstić information content (AvgIpc) is 2.64. The second-order valence-corrected chi connectivity index (χ2v) is 5.07. The summed E-state index contributed by atoms with van der Waals surface area (Å²) in [5.41, 5.74) is 0.118. The van der Waals surface area contributed by atoms with Crippen LogP contribution in [0.25, 0.3) is 0 Å². The highest BCUT2D eigenvalue weighted by Gasteiger charge is 2.10. The summed E-state index contributed by atoms with van der Waals surface area (Å²) in [7, 11) is 0. The van der Waals surface area contributed by atoms with Crippen LogP contribution in [0.5, 0.6) is 0 Å². The van der Waals surface area contributed by atoms with Crippen LogP contribution in [-0.2, 0) is 17.8 Å². The smallest absolute Gasteiger partial charge is 0.242 e.